The van der Waals surface area contributed by atoms with E-state index in [1.807, 2.05) is 66.7 Å². The Morgan fingerprint density at radius 1 is 0.833 bits per heavy atom. The maximum Gasteiger partial charge on any atom is 0.275 e. The lowest BCUT2D eigenvalue weighted by Crippen LogP contribution is -2.18. The molecule has 0 bridgehead atoms. The molecule has 0 aromatic heterocycles. The number of benzene rings is 5. The number of rotatable bonds is 7. The van der Waals surface area contributed by atoms with Crippen molar-refractivity contribution < 1.29 is 14.3 Å². The molecule has 0 saturated heterocycles. The summed E-state index contributed by atoms with van der Waals surface area (Å²) in [6, 6.07) is 31.9. The van der Waals surface area contributed by atoms with E-state index < -0.39 is 0 Å². The second-order valence-corrected chi connectivity index (χ2v) is 9.42. The van der Waals surface area contributed by atoms with Gasteiger partial charge in [-0.1, -0.05) is 60.7 Å². The van der Waals surface area contributed by atoms with Crippen molar-refractivity contribution in [1.29, 1.82) is 0 Å². The molecule has 0 aliphatic carbocycles. The maximum absolute atomic E-state index is 12.8. The topological polar surface area (TPSA) is 59.9 Å². The Hall–Kier alpha value is -3.91. The number of nitrogens with one attached hydrogen (secondary N) is 1. The van der Waals surface area contributed by atoms with E-state index in [0.29, 0.717) is 17.9 Å². The molecule has 1 amide bonds. The Kier molecular flexibility index (Phi) is 7.13. The molecule has 6 heteroatoms. The molecule has 0 atom stereocenters. The molecule has 5 nitrogen and oxygen atoms in total. The summed E-state index contributed by atoms with van der Waals surface area (Å²) in [6.07, 6.45) is 1.61. The van der Waals surface area contributed by atoms with Gasteiger partial charge in [-0.3, -0.25) is 4.79 Å². The zero-order chi connectivity index (χ0) is 24.9. The highest BCUT2D eigenvalue weighted by Gasteiger charge is 2.13. The van der Waals surface area contributed by atoms with Gasteiger partial charge < -0.3 is 9.47 Å². The van der Waals surface area contributed by atoms with Crippen LogP contribution in [0.4, 0.5) is 0 Å². The molecule has 178 valence electrons. The molecule has 5 aromatic carbocycles. The van der Waals surface area contributed by atoms with E-state index in [0.717, 1.165) is 31.2 Å². The summed E-state index contributed by atoms with van der Waals surface area (Å²) in [5, 5.41) is 8.52. The maximum atomic E-state index is 12.8. The fraction of sp³-hybridized carbons (Fsp3) is 0.0667. The minimum Gasteiger partial charge on any atom is -0.496 e. The van der Waals surface area contributed by atoms with Gasteiger partial charge in [0.15, 0.2) is 0 Å². The number of carbonyl (C=O) groups excluding carboxylic acids is 1. The zero-order valence-corrected chi connectivity index (χ0v) is 21.7. The first-order chi connectivity index (χ1) is 17.6. The van der Waals surface area contributed by atoms with Crippen LogP contribution in [0.3, 0.4) is 0 Å². The number of hydrogen-bond donors (Lipinski definition) is 1. The summed E-state index contributed by atoms with van der Waals surface area (Å²) in [4.78, 5) is 12.8. The van der Waals surface area contributed by atoms with Crippen molar-refractivity contribution in [3.8, 4) is 11.5 Å². The lowest BCUT2D eigenvalue weighted by molar-refractivity contribution is 0.0952. The molecule has 0 spiro atoms. The van der Waals surface area contributed by atoms with Crippen LogP contribution in [0.15, 0.2) is 102 Å². The van der Waals surface area contributed by atoms with Crippen LogP contribution < -0.4 is 14.9 Å². The molecule has 1 N–H and O–H groups in total. The highest BCUT2D eigenvalue weighted by atomic mass is 127. The third-order valence-electron chi connectivity index (χ3n) is 5.86. The molecule has 0 unspecified atom stereocenters. The van der Waals surface area contributed by atoms with E-state index in [1.165, 1.54) is 10.8 Å². The van der Waals surface area contributed by atoms with Crippen LogP contribution in [0.5, 0.6) is 11.5 Å². The Labute approximate surface area is 222 Å². The van der Waals surface area contributed by atoms with Crippen molar-refractivity contribution in [3.63, 3.8) is 0 Å². The van der Waals surface area contributed by atoms with Gasteiger partial charge in [-0.15, -0.1) is 0 Å². The molecule has 5 aromatic rings. The van der Waals surface area contributed by atoms with Gasteiger partial charge in [0, 0.05) is 0 Å². The number of hydrogen-bond acceptors (Lipinski definition) is 4. The summed E-state index contributed by atoms with van der Waals surface area (Å²) in [5.41, 5.74) is 4.99. The van der Waals surface area contributed by atoms with E-state index in [2.05, 4.69) is 63.4 Å². The zero-order valence-electron chi connectivity index (χ0n) is 19.6. The Morgan fingerprint density at radius 3 is 2.25 bits per heavy atom. The van der Waals surface area contributed by atoms with Crippen molar-refractivity contribution >= 4 is 56.3 Å². The highest BCUT2D eigenvalue weighted by Crippen LogP contribution is 2.26. The predicted octanol–water partition coefficient (Wildman–Crippen LogP) is 6.95. The first-order valence-electron chi connectivity index (χ1n) is 11.4. The van der Waals surface area contributed by atoms with Crippen LogP contribution in [-0.2, 0) is 6.61 Å². The Balaban J connectivity index is 1.23. The number of methoxy groups -OCH3 is 1. The quantitative estimate of drug-likeness (QED) is 0.128. The largest absolute Gasteiger partial charge is 0.496 e. The van der Waals surface area contributed by atoms with Gasteiger partial charge in [0.25, 0.3) is 5.91 Å². The minimum atomic E-state index is -0.334. The first kappa shape index (κ1) is 23.8. The summed E-state index contributed by atoms with van der Waals surface area (Å²) >= 11 is 2.24. The van der Waals surface area contributed by atoms with Crippen LogP contribution in [0, 0.1) is 3.57 Å². The lowest BCUT2D eigenvalue weighted by atomic mass is 10.1. The molecule has 0 heterocycles. The first-order valence-corrected chi connectivity index (χ1v) is 12.5. The summed E-state index contributed by atoms with van der Waals surface area (Å²) in [7, 11) is 1.55. The molecule has 0 radical (unpaired) electrons. The smallest absolute Gasteiger partial charge is 0.275 e. The van der Waals surface area contributed by atoms with Crippen LogP contribution in [0.2, 0.25) is 0 Å². The lowest BCUT2D eigenvalue weighted by Gasteiger charge is -2.10. The highest BCUT2D eigenvalue weighted by molar-refractivity contribution is 14.1. The number of hydrazone groups is 1. The standard InChI is InChI=1S/C30H23IN2O3/c1-35-29-17-25-9-5-4-8-24(25)16-26(29)30(34)33-32-18-20-11-13-28(27(31)15-20)36-19-21-10-12-22-6-2-3-7-23(22)14-21/h2-18H,19H2,1H3,(H,33,34)/b32-18-. The number of carbonyl (C=O) groups is 1. The van der Waals surface area contributed by atoms with Crippen LogP contribution in [-0.4, -0.2) is 19.2 Å². The minimum absolute atomic E-state index is 0.334. The van der Waals surface area contributed by atoms with Gasteiger partial charge in [0.05, 0.1) is 22.5 Å². The van der Waals surface area contributed by atoms with E-state index in [1.54, 1.807) is 13.3 Å². The number of amides is 1. The summed E-state index contributed by atoms with van der Waals surface area (Å²) < 4.78 is 12.4. The van der Waals surface area contributed by atoms with Gasteiger partial charge in [-0.05, 0) is 91.7 Å². The number of halogens is 1. The molecule has 0 aliphatic heterocycles. The monoisotopic (exact) mass is 586 g/mol. The summed E-state index contributed by atoms with van der Waals surface area (Å²) in [5.74, 6) is 0.966. The number of nitrogens with zero attached hydrogens (tertiary/aromatic N) is 1. The third-order valence-corrected chi connectivity index (χ3v) is 6.70. The SMILES string of the molecule is COc1cc2ccccc2cc1C(=O)N/N=C\c1ccc(OCc2ccc3ccccc3c2)c(I)c1. The van der Waals surface area contributed by atoms with Crippen molar-refractivity contribution in [2.24, 2.45) is 5.10 Å². The van der Waals surface area contributed by atoms with Crippen molar-refractivity contribution in [3.05, 3.63) is 117 Å². The van der Waals surface area contributed by atoms with E-state index >= 15 is 0 Å². The van der Waals surface area contributed by atoms with Gasteiger partial charge in [0.1, 0.15) is 18.1 Å². The van der Waals surface area contributed by atoms with Crippen LogP contribution in [0.1, 0.15) is 21.5 Å². The molecular weight excluding hydrogens is 563 g/mol. The van der Waals surface area contributed by atoms with Crippen LogP contribution in [0.25, 0.3) is 21.5 Å². The number of ether oxygens (including phenoxy) is 2. The fourth-order valence-electron chi connectivity index (χ4n) is 4.00. The van der Waals surface area contributed by atoms with Crippen molar-refractivity contribution in [1.82, 2.24) is 5.43 Å². The third kappa shape index (κ3) is 5.33. The van der Waals surface area contributed by atoms with E-state index in [4.69, 9.17) is 9.47 Å². The average molecular weight is 586 g/mol. The van der Waals surface area contributed by atoms with Crippen LogP contribution >= 0.6 is 22.6 Å². The molecule has 0 aliphatic rings. The van der Waals surface area contributed by atoms with Crippen molar-refractivity contribution in [2.45, 2.75) is 6.61 Å². The Bertz CT molecular complexity index is 1600. The van der Waals surface area contributed by atoms with E-state index in [-0.39, 0.29) is 5.91 Å². The van der Waals surface area contributed by atoms with Gasteiger partial charge in [0.2, 0.25) is 0 Å². The van der Waals surface area contributed by atoms with E-state index in [9.17, 15) is 4.79 Å². The number of fused-ring (bicyclic) bond motifs is 2. The second kappa shape index (κ2) is 10.8. The molecule has 0 saturated carbocycles. The fourth-order valence-corrected chi connectivity index (χ4v) is 4.69. The molecule has 36 heavy (non-hydrogen) atoms. The molecule has 0 fully saturated rings. The second-order valence-electron chi connectivity index (χ2n) is 8.26. The van der Waals surface area contributed by atoms with Gasteiger partial charge in [-0.2, -0.15) is 5.10 Å². The molecular formula is C30H23IN2O3. The predicted molar refractivity (Wildman–Crippen MR) is 153 cm³/mol. The van der Waals surface area contributed by atoms with Gasteiger partial charge >= 0.3 is 0 Å². The summed E-state index contributed by atoms with van der Waals surface area (Å²) in [6.45, 7) is 0.484. The van der Waals surface area contributed by atoms with Crippen molar-refractivity contribution in [2.75, 3.05) is 7.11 Å². The molecule has 5 rings (SSSR count). The van der Waals surface area contributed by atoms with Gasteiger partial charge in [-0.25, -0.2) is 5.43 Å². The average Bonchev–Trinajstić information content (AvgIpc) is 2.91. The normalized spacial score (nSPS) is 11.2. The Morgan fingerprint density at radius 2 is 1.53 bits per heavy atom.